The standard InChI is InChI=1S/C11H20O2/c1-9(2)8-10(3)6-5-7-13-11(4)12/h6,9H,5,7-8H2,1-4H3. The van der Waals surface area contributed by atoms with Crippen LogP contribution in [-0.4, -0.2) is 12.6 Å². The van der Waals surface area contributed by atoms with Gasteiger partial charge in [-0.2, -0.15) is 0 Å². The van der Waals surface area contributed by atoms with Gasteiger partial charge in [-0.25, -0.2) is 0 Å². The van der Waals surface area contributed by atoms with Gasteiger partial charge in [-0.1, -0.05) is 25.5 Å². The number of esters is 1. The lowest BCUT2D eigenvalue weighted by molar-refractivity contribution is -0.140. The number of rotatable bonds is 5. The molecule has 0 aliphatic carbocycles. The van der Waals surface area contributed by atoms with Gasteiger partial charge in [-0.05, 0) is 25.7 Å². The molecule has 0 unspecified atom stereocenters. The van der Waals surface area contributed by atoms with Gasteiger partial charge in [0.25, 0.3) is 0 Å². The highest BCUT2D eigenvalue weighted by Gasteiger charge is 1.95. The lowest BCUT2D eigenvalue weighted by atomic mass is 10.0. The summed E-state index contributed by atoms with van der Waals surface area (Å²) in [6, 6.07) is 0. The summed E-state index contributed by atoms with van der Waals surface area (Å²) >= 11 is 0. The zero-order valence-electron chi connectivity index (χ0n) is 9.09. The molecule has 0 atom stereocenters. The number of hydrogen-bond donors (Lipinski definition) is 0. The van der Waals surface area contributed by atoms with Gasteiger partial charge in [0.05, 0.1) is 6.61 Å². The third-order valence-corrected chi connectivity index (χ3v) is 1.65. The molecule has 0 rings (SSSR count). The Morgan fingerprint density at radius 1 is 1.38 bits per heavy atom. The van der Waals surface area contributed by atoms with Crippen molar-refractivity contribution in [2.24, 2.45) is 5.92 Å². The molecule has 0 N–H and O–H groups in total. The highest BCUT2D eigenvalue weighted by Crippen LogP contribution is 2.09. The zero-order valence-corrected chi connectivity index (χ0v) is 9.09. The number of carbonyl (C=O) groups is 1. The minimum absolute atomic E-state index is 0.199. The van der Waals surface area contributed by atoms with E-state index < -0.39 is 0 Å². The van der Waals surface area contributed by atoms with Gasteiger partial charge >= 0.3 is 5.97 Å². The topological polar surface area (TPSA) is 26.3 Å². The molecule has 0 fully saturated rings. The second kappa shape index (κ2) is 6.70. The molecular weight excluding hydrogens is 164 g/mol. The Balaban J connectivity index is 3.53. The molecule has 0 heterocycles. The number of carbonyl (C=O) groups excluding carboxylic acids is 1. The predicted molar refractivity (Wildman–Crippen MR) is 54.5 cm³/mol. The third kappa shape index (κ3) is 9.12. The van der Waals surface area contributed by atoms with E-state index >= 15 is 0 Å². The molecule has 0 radical (unpaired) electrons. The summed E-state index contributed by atoms with van der Waals surface area (Å²) in [7, 11) is 0. The summed E-state index contributed by atoms with van der Waals surface area (Å²) in [6.07, 6.45) is 4.10. The van der Waals surface area contributed by atoms with E-state index in [4.69, 9.17) is 4.74 Å². The fourth-order valence-corrected chi connectivity index (χ4v) is 1.24. The van der Waals surface area contributed by atoms with Crippen molar-refractivity contribution in [2.45, 2.75) is 40.5 Å². The average molecular weight is 184 g/mol. The van der Waals surface area contributed by atoms with Crippen molar-refractivity contribution in [1.29, 1.82) is 0 Å². The van der Waals surface area contributed by atoms with E-state index in [1.54, 1.807) is 0 Å². The normalized spacial score (nSPS) is 11.9. The van der Waals surface area contributed by atoms with Gasteiger partial charge < -0.3 is 4.74 Å². The van der Waals surface area contributed by atoms with Crippen molar-refractivity contribution in [2.75, 3.05) is 6.61 Å². The number of hydrogen-bond acceptors (Lipinski definition) is 2. The van der Waals surface area contributed by atoms with E-state index in [1.165, 1.54) is 12.5 Å². The van der Waals surface area contributed by atoms with Crippen LogP contribution in [0.3, 0.4) is 0 Å². The van der Waals surface area contributed by atoms with Crippen molar-refractivity contribution in [3.05, 3.63) is 11.6 Å². The molecule has 0 spiro atoms. The van der Waals surface area contributed by atoms with Crippen LogP contribution in [0, 0.1) is 5.92 Å². The lowest BCUT2D eigenvalue weighted by Crippen LogP contribution is -1.99. The molecule has 0 saturated carbocycles. The predicted octanol–water partition coefficient (Wildman–Crippen LogP) is 2.93. The molecule has 0 saturated heterocycles. The van der Waals surface area contributed by atoms with Gasteiger partial charge in [0.2, 0.25) is 0 Å². The van der Waals surface area contributed by atoms with E-state index in [2.05, 4.69) is 26.8 Å². The quantitative estimate of drug-likeness (QED) is 0.373. The van der Waals surface area contributed by atoms with Gasteiger partial charge in [0, 0.05) is 6.92 Å². The minimum Gasteiger partial charge on any atom is -0.466 e. The Morgan fingerprint density at radius 2 is 2.00 bits per heavy atom. The maximum atomic E-state index is 10.4. The van der Waals surface area contributed by atoms with Crippen LogP contribution in [0.4, 0.5) is 0 Å². The molecule has 76 valence electrons. The molecule has 13 heavy (non-hydrogen) atoms. The summed E-state index contributed by atoms with van der Waals surface area (Å²) in [6.45, 7) is 8.45. The molecular formula is C11H20O2. The Hall–Kier alpha value is -0.790. The number of ether oxygens (including phenoxy) is 1. The van der Waals surface area contributed by atoms with Crippen molar-refractivity contribution in [3.63, 3.8) is 0 Å². The van der Waals surface area contributed by atoms with Crippen LogP contribution in [0.25, 0.3) is 0 Å². The highest BCUT2D eigenvalue weighted by atomic mass is 16.5. The van der Waals surface area contributed by atoms with Gasteiger partial charge in [0.15, 0.2) is 0 Å². The van der Waals surface area contributed by atoms with E-state index in [0.717, 1.165) is 12.8 Å². The Kier molecular flexibility index (Phi) is 6.29. The van der Waals surface area contributed by atoms with Crippen LogP contribution in [0.1, 0.15) is 40.5 Å². The Bertz CT molecular complexity index is 181. The SMILES string of the molecule is CC(=O)OCCC=C(C)CC(C)C. The largest absolute Gasteiger partial charge is 0.466 e. The average Bonchev–Trinajstić information content (AvgIpc) is 1.96. The first kappa shape index (κ1) is 12.2. The Labute approximate surface area is 81.0 Å². The van der Waals surface area contributed by atoms with E-state index in [-0.39, 0.29) is 5.97 Å². The van der Waals surface area contributed by atoms with Crippen LogP contribution in [-0.2, 0) is 9.53 Å². The van der Waals surface area contributed by atoms with Crippen LogP contribution in [0.5, 0.6) is 0 Å². The van der Waals surface area contributed by atoms with Crippen molar-refractivity contribution >= 4 is 5.97 Å². The first-order chi connectivity index (χ1) is 6.02. The minimum atomic E-state index is -0.199. The van der Waals surface area contributed by atoms with E-state index in [1.807, 2.05) is 0 Å². The zero-order chi connectivity index (χ0) is 10.3. The molecule has 0 aromatic rings. The summed E-state index contributed by atoms with van der Waals surface area (Å²) in [5.74, 6) is 0.500. The van der Waals surface area contributed by atoms with E-state index in [0.29, 0.717) is 12.5 Å². The fraction of sp³-hybridized carbons (Fsp3) is 0.727. The second-order valence-corrected chi connectivity index (χ2v) is 3.78. The van der Waals surface area contributed by atoms with Crippen molar-refractivity contribution < 1.29 is 9.53 Å². The molecule has 0 aliphatic rings. The van der Waals surface area contributed by atoms with Crippen molar-refractivity contribution in [3.8, 4) is 0 Å². The van der Waals surface area contributed by atoms with E-state index in [9.17, 15) is 4.79 Å². The monoisotopic (exact) mass is 184 g/mol. The molecule has 0 amide bonds. The summed E-state index contributed by atoms with van der Waals surface area (Å²) in [5.41, 5.74) is 1.38. The van der Waals surface area contributed by atoms with Crippen LogP contribution in [0.15, 0.2) is 11.6 Å². The molecule has 2 nitrogen and oxygen atoms in total. The molecule has 0 aliphatic heterocycles. The van der Waals surface area contributed by atoms with Gasteiger partial charge in [0.1, 0.15) is 0 Å². The Morgan fingerprint density at radius 3 is 2.46 bits per heavy atom. The molecule has 0 aromatic carbocycles. The highest BCUT2D eigenvalue weighted by molar-refractivity contribution is 5.65. The van der Waals surface area contributed by atoms with Crippen molar-refractivity contribution in [1.82, 2.24) is 0 Å². The van der Waals surface area contributed by atoms with Crippen LogP contribution >= 0.6 is 0 Å². The van der Waals surface area contributed by atoms with Crippen LogP contribution < -0.4 is 0 Å². The third-order valence-electron chi connectivity index (χ3n) is 1.65. The molecule has 2 heteroatoms. The maximum Gasteiger partial charge on any atom is 0.302 e. The first-order valence-corrected chi connectivity index (χ1v) is 4.81. The number of allylic oxidation sites excluding steroid dienone is 1. The van der Waals surface area contributed by atoms with Gasteiger partial charge in [-0.3, -0.25) is 4.79 Å². The summed E-state index contributed by atoms with van der Waals surface area (Å²) < 4.78 is 4.81. The fourth-order valence-electron chi connectivity index (χ4n) is 1.24. The lowest BCUT2D eigenvalue weighted by Gasteiger charge is -2.04. The van der Waals surface area contributed by atoms with Gasteiger partial charge in [-0.15, -0.1) is 0 Å². The van der Waals surface area contributed by atoms with Crippen LogP contribution in [0.2, 0.25) is 0 Å². The summed E-state index contributed by atoms with van der Waals surface area (Å²) in [4.78, 5) is 10.4. The second-order valence-electron chi connectivity index (χ2n) is 3.78. The first-order valence-electron chi connectivity index (χ1n) is 4.81. The smallest absolute Gasteiger partial charge is 0.302 e. The molecule has 0 bridgehead atoms. The maximum absolute atomic E-state index is 10.4. The summed E-state index contributed by atoms with van der Waals surface area (Å²) in [5, 5.41) is 0. The molecule has 0 aromatic heterocycles.